The number of piperidine rings is 1. The average molecular weight is 587 g/mol. The molecule has 0 bridgehead atoms. The Balaban J connectivity index is 1.70. The average Bonchev–Trinajstić information content (AvgIpc) is 3.20. The molecule has 3 rings (SSSR count). The summed E-state index contributed by atoms with van der Waals surface area (Å²) in [6.45, 7) is 6.62. The summed E-state index contributed by atoms with van der Waals surface area (Å²) in [5, 5.41) is 18.5. The van der Waals surface area contributed by atoms with Gasteiger partial charge in [0.05, 0.1) is 4.91 Å². The van der Waals surface area contributed by atoms with Crippen molar-refractivity contribution in [3.05, 3.63) is 31.9 Å². The van der Waals surface area contributed by atoms with Gasteiger partial charge in [-0.2, -0.15) is 5.26 Å². The van der Waals surface area contributed by atoms with E-state index in [2.05, 4.69) is 11.0 Å². The zero-order valence-corrected chi connectivity index (χ0v) is 25.5. The summed E-state index contributed by atoms with van der Waals surface area (Å²) in [6.07, 6.45) is 14.1. The summed E-state index contributed by atoms with van der Waals surface area (Å²) >= 11 is 6.88. The number of nitrogens with zero attached hydrogens (tertiary/aromatic N) is 4. The van der Waals surface area contributed by atoms with Gasteiger partial charge < -0.3 is 10.0 Å². The molecule has 1 aromatic heterocycles. The van der Waals surface area contributed by atoms with E-state index in [1.165, 1.54) is 11.8 Å². The summed E-state index contributed by atoms with van der Waals surface area (Å²) < 4.78 is 2.28. The first kappa shape index (κ1) is 31.9. The minimum absolute atomic E-state index is 0.107. The van der Waals surface area contributed by atoms with Gasteiger partial charge in [0.1, 0.15) is 21.8 Å². The number of amides is 1. The molecule has 0 unspecified atom stereocenters. The second-order valence-corrected chi connectivity index (χ2v) is 12.3. The number of aromatic nitrogens is 1. The van der Waals surface area contributed by atoms with Crippen molar-refractivity contribution in [2.75, 3.05) is 24.5 Å². The van der Waals surface area contributed by atoms with Crippen molar-refractivity contribution in [2.24, 2.45) is 0 Å². The zero-order valence-electron chi connectivity index (χ0n) is 23.9. The van der Waals surface area contributed by atoms with E-state index in [1.54, 1.807) is 9.47 Å². The lowest BCUT2D eigenvalue weighted by atomic mass is 10.0. The molecule has 218 valence electrons. The topological polar surface area (TPSA) is 107 Å². The summed E-state index contributed by atoms with van der Waals surface area (Å²) in [5.41, 5.74) is 1.27. The summed E-state index contributed by atoms with van der Waals surface area (Å²) in [7, 11) is 0. The highest BCUT2D eigenvalue weighted by Gasteiger charge is 2.33. The van der Waals surface area contributed by atoms with Crippen molar-refractivity contribution >= 4 is 52.1 Å². The second kappa shape index (κ2) is 16.0. The lowest BCUT2D eigenvalue weighted by molar-refractivity contribution is -0.137. The lowest BCUT2D eigenvalue weighted by Gasteiger charge is -2.33. The minimum atomic E-state index is -0.726. The van der Waals surface area contributed by atoms with Gasteiger partial charge in [-0.3, -0.25) is 23.9 Å². The van der Waals surface area contributed by atoms with E-state index in [1.807, 2.05) is 19.9 Å². The molecule has 2 saturated heterocycles. The maximum absolute atomic E-state index is 13.4. The van der Waals surface area contributed by atoms with Crippen molar-refractivity contribution in [3.63, 3.8) is 0 Å². The molecule has 0 aliphatic carbocycles. The quantitative estimate of drug-likeness (QED) is 0.147. The van der Waals surface area contributed by atoms with Crippen molar-refractivity contribution in [2.45, 2.75) is 104 Å². The van der Waals surface area contributed by atoms with Gasteiger partial charge in [0.25, 0.3) is 11.5 Å². The molecule has 10 heteroatoms. The van der Waals surface area contributed by atoms with E-state index in [0.29, 0.717) is 27.9 Å². The van der Waals surface area contributed by atoms with Crippen molar-refractivity contribution in [1.82, 2.24) is 9.47 Å². The maximum Gasteiger partial charge on any atom is 0.303 e. The van der Waals surface area contributed by atoms with E-state index in [4.69, 9.17) is 17.3 Å². The number of hydrogen-bond donors (Lipinski definition) is 1. The first-order valence-corrected chi connectivity index (χ1v) is 15.9. The van der Waals surface area contributed by atoms with E-state index in [9.17, 15) is 19.6 Å². The van der Waals surface area contributed by atoms with Crippen molar-refractivity contribution < 1.29 is 14.7 Å². The summed E-state index contributed by atoms with van der Waals surface area (Å²) in [6, 6.07) is 2.12. The molecule has 0 radical (unpaired) electrons. The van der Waals surface area contributed by atoms with Gasteiger partial charge in [0.2, 0.25) is 0 Å². The molecule has 3 heterocycles. The number of carbonyl (C=O) groups is 2. The number of pyridine rings is 1. The first-order chi connectivity index (χ1) is 19.3. The Kier molecular flexibility index (Phi) is 12.7. The van der Waals surface area contributed by atoms with Crippen LogP contribution in [0.15, 0.2) is 9.70 Å². The van der Waals surface area contributed by atoms with E-state index >= 15 is 0 Å². The Morgan fingerprint density at radius 1 is 1.02 bits per heavy atom. The first-order valence-electron chi connectivity index (χ1n) is 14.7. The number of aliphatic carboxylic acids is 1. The van der Waals surface area contributed by atoms with Crippen LogP contribution in [0.3, 0.4) is 0 Å². The van der Waals surface area contributed by atoms with Gasteiger partial charge >= 0.3 is 5.97 Å². The van der Waals surface area contributed by atoms with Gasteiger partial charge in [0, 0.05) is 38.2 Å². The maximum atomic E-state index is 13.4. The third kappa shape index (κ3) is 8.20. The Morgan fingerprint density at radius 3 is 2.25 bits per heavy atom. The van der Waals surface area contributed by atoms with Gasteiger partial charge in [-0.05, 0) is 57.1 Å². The number of thiocarbonyl (C=S) groups is 1. The number of carbonyl (C=O) groups excluding carboxylic acids is 1. The fourth-order valence-electron chi connectivity index (χ4n) is 5.45. The molecular weight excluding hydrogens is 544 g/mol. The number of carboxylic acid groups (broad SMARTS) is 1. The largest absolute Gasteiger partial charge is 0.481 e. The summed E-state index contributed by atoms with van der Waals surface area (Å²) in [4.78, 5) is 41.8. The molecule has 1 aromatic rings. The second-order valence-electron chi connectivity index (χ2n) is 10.7. The van der Waals surface area contributed by atoms with Crippen LogP contribution >= 0.6 is 24.0 Å². The van der Waals surface area contributed by atoms with E-state index in [0.717, 1.165) is 102 Å². The van der Waals surface area contributed by atoms with Gasteiger partial charge in [0.15, 0.2) is 0 Å². The predicted molar refractivity (Wildman–Crippen MR) is 166 cm³/mol. The molecule has 2 aliphatic rings. The van der Waals surface area contributed by atoms with Crippen LogP contribution in [-0.2, 0) is 16.1 Å². The highest BCUT2D eigenvalue weighted by molar-refractivity contribution is 8.26. The molecule has 2 fully saturated rings. The third-order valence-electron chi connectivity index (χ3n) is 7.62. The zero-order chi connectivity index (χ0) is 29.1. The van der Waals surface area contributed by atoms with Crippen LogP contribution in [0.4, 0.5) is 5.82 Å². The predicted octanol–water partition coefficient (Wildman–Crippen LogP) is 6.23. The summed E-state index contributed by atoms with van der Waals surface area (Å²) in [5.74, 6) is -0.0176. The van der Waals surface area contributed by atoms with Gasteiger partial charge in [-0.15, -0.1) is 0 Å². The van der Waals surface area contributed by atoms with Crippen LogP contribution in [0, 0.1) is 18.3 Å². The van der Waals surface area contributed by atoms with Crippen LogP contribution in [-0.4, -0.2) is 50.4 Å². The van der Waals surface area contributed by atoms with Crippen LogP contribution in [0.1, 0.15) is 107 Å². The van der Waals surface area contributed by atoms with Crippen LogP contribution < -0.4 is 10.5 Å². The molecule has 2 aliphatic heterocycles. The Bertz CT molecular complexity index is 1210. The highest BCUT2D eigenvalue weighted by atomic mass is 32.2. The molecule has 0 atom stereocenters. The number of rotatable bonds is 15. The normalized spacial score (nSPS) is 16.7. The molecule has 0 saturated carbocycles. The molecule has 1 amide bonds. The standard InChI is InChI=1S/C30H42N4O4S2/c1-3-16-33-27(32-17-12-10-13-18-32)23(22(2)24(21-31)28(33)37)20-25-29(38)34(30(39)40-25)19-14-9-7-5-4-6-8-11-15-26(35)36/h20H,3-19H2,1-2H3,(H,35,36)/b25-20-. The highest BCUT2D eigenvalue weighted by Crippen LogP contribution is 2.36. The van der Waals surface area contributed by atoms with Crippen molar-refractivity contribution in [3.8, 4) is 6.07 Å². The fourth-order valence-corrected chi connectivity index (χ4v) is 6.74. The van der Waals surface area contributed by atoms with Gasteiger partial charge in [-0.1, -0.05) is 69.4 Å². The molecular formula is C30H42N4O4S2. The minimum Gasteiger partial charge on any atom is -0.481 e. The number of nitriles is 1. The fraction of sp³-hybridized carbons (Fsp3) is 0.633. The monoisotopic (exact) mass is 586 g/mol. The number of hydrogen-bond acceptors (Lipinski definition) is 7. The SMILES string of the molecule is CCCn1c(N2CCCCC2)c(/C=C2\SC(=S)N(CCCCCCCCCCC(=O)O)C2=O)c(C)c(C#N)c1=O. The lowest BCUT2D eigenvalue weighted by Crippen LogP contribution is -2.37. The number of carboxylic acids is 1. The molecule has 8 nitrogen and oxygen atoms in total. The Labute approximate surface area is 247 Å². The number of unbranched alkanes of at least 4 members (excludes halogenated alkanes) is 7. The molecule has 1 N–H and O–H groups in total. The van der Waals surface area contributed by atoms with Gasteiger partial charge in [-0.25, -0.2) is 0 Å². The third-order valence-corrected chi connectivity index (χ3v) is 9.00. The number of anilines is 1. The Morgan fingerprint density at radius 2 is 1.65 bits per heavy atom. The Hall–Kier alpha value is -2.64. The van der Waals surface area contributed by atoms with E-state index < -0.39 is 5.97 Å². The number of thioether (sulfide) groups is 1. The molecule has 0 spiro atoms. The van der Waals surface area contributed by atoms with Crippen LogP contribution in [0.25, 0.3) is 6.08 Å². The smallest absolute Gasteiger partial charge is 0.303 e. The van der Waals surface area contributed by atoms with E-state index in [-0.39, 0.29) is 23.5 Å². The molecule has 0 aromatic carbocycles. The van der Waals surface area contributed by atoms with Crippen LogP contribution in [0.5, 0.6) is 0 Å². The van der Waals surface area contributed by atoms with Crippen LogP contribution in [0.2, 0.25) is 0 Å². The van der Waals surface area contributed by atoms with Crippen molar-refractivity contribution in [1.29, 1.82) is 5.26 Å². The molecule has 40 heavy (non-hydrogen) atoms.